The molecule has 0 radical (unpaired) electrons. The first-order valence-corrected chi connectivity index (χ1v) is 8.11. The summed E-state index contributed by atoms with van der Waals surface area (Å²) in [6.45, 7) is 1.80. The Morgan fingerprint density at radius 3 is 1.86 bits per heavy atom. The van der Waals surface area contributed by atoms with E-state index in [0.29, 0.717) is 0 Å². The number of carbonyl (C=O) groups is 2. The maximum absolute atomic E-state index is 11.9. The number of hydrogen-bond donors (Lipinski definition) is 2. The normalized spacial score (nSPS) is 18.2. The molecule has 0 aliphatic carbocycles. The summed E-state index contributed by atoms with van der Waals surface area (Å²) in [5.41, 5.74) is 0.0486. The molecule has 1 atom stereocenters. The summed E-state index contributed by atoms with van der Waals surface area (Å²) in [5.74, 6) is -2.52. The van der Waals surface area contributed by atoms with E-state index >= 15 is 0 Å². The van der Waals surface area contributed by atoms with Crippen molar-refractivity contribution in [3.05, 3.63) is 35.4 Å². The summed E-state index contributed by atoms with van der Waals surface area (Å²) in [5, 5.41) is 20.3. The van der Waals surface area contributed by atoms with Gasteiger partial charge in [0.25, 0.3) is 0 Å². The minimum absolute atomic E-state index is 0.0161. The number of carbonyl (C=O) groups excluding carboxylic acids is 2. The average Bonchev–Trinajstić information content (AvgIpc) is 3.21. The summed E-state index contributed by atoms with van der Waals surface area (Å²) in [6.07, 6.45) is -2.18. The third kappa shape index (κ3) is 2.66. The van der Waals surface area contributed by atoms with Gasteiger partial charge >= 0.3 is 18.1 Å². The van der Waals surface area contributed by atoms with E-state index in [1.165, 1.54) is 19.2 Å². The molecule has 0 saturated heterocycles. The first-order chi connectivity index (χ1) is 13.4. The van der Waals surface area contributed by atoms with Gasteiger partial charge in [-0.1, -0.05) is 0 Å². The Balaban J connectivity index is 1.65. The molecule has 2 heterocycles. The lowest BCUT2D eigenvalue weighted by atomic mass is 10.2. The Labute approximate surface area is 157 Å². The highest BCUT2D eigenvalue weighted by molar-refractivity contribution is 5.92. The quantitative estimate of drug-likeness (QED) is 0.750. The van der Waals surface area contributed by atoms with Crippen molar-refractivity contribution in [3.8, 4) is 34.5 Å². The van der Waals surface area contributed by atoms with Gasteiger partial charge in [-0.15, -0.1) is 0 Å². The van der Waals surface area contributed by atoms with Crippen LogP contribution in [0.3, 0.4) is 0 Å². The van der Waals surface area contributed by atoms with Crippen LogP contribution in [0.5, 0.6) is 34.5 Å². The Kier molecular flexibility index (Phi) is 3.84. The van der Waals surface area contributed by atoms with Crippen molar-refractivity contribution in [2.45, 2.75) is 13.1 Å². The zero-order chi connectivity index (χ0) is 20.1. The van der Waals surface area contributed by atoms with E-state index in [-0.39, 0.29) is 40.7 Å². The summed E-state index contributed by atoms with van der Waals surface area (Å²) < 4.78 is 31.4. The molecule has 1 spiro atoms. The highest BCUT2D eigenvalue weighted by Gasteiger charge is 2.56. The van der Waals surface area contributed by atoms with Crippen LogP contribution in [0.1, 0.15) is 27.6 Å². The molecule has 10 nitrogen and oxygen atoms in total. The number of ether oxygens (including phenoxy) is 6. The third-order valence-corrected chi connectivity index (χ3v) is 3.93. The molecule has 1 unspecified atom stereocenters. The lowest BCUT2D eigenvalue weighted by molar-refractivity contribution is -0.330. The first kappa shape index (κ1) is 17.6. The molecule has 2 aromatic rings. The molecule has 0 aromatic heterocycles. The maximum Gasteiger partial charge on any atom is 0.611 e. The molecular weight excluding hydrogens is 376 g/mol. The number of hydrogen-bond acceptors (Lipinski definition) is 10. The molecule has 10 heteroatoms. The highest BCUT2D eigenvalue weighted by Crippen LogP contribution is 2.53. The Morgan fingerprint density at radius 1 is 0.893 bits per heavy atom. The molecule has 4 rings (SSSR count). The fourth-order valence-corrected chi connectivity index (χ4v) is 2.74. The van der Waals surface area contributed by atoms with Gasteiger partial charge in [-0.2, -0.15) is 0 Å². The van der Waals surface area contributed by atoms with Crippen molar-refractivity contribution in [3.63, 3.8) is 0 Å². The minimum Gasteiger partial charge on any atom is -0.504 e. The SMILES string of the molecule is CCOC(=O)c1cc(O)c2c(c1)OC1(Oc3cc(C(=O)OC)cc(O)c3O1)O2. The number of phenols is 2. The van der Waals surface area contributed by atoms with Crippen LogP contribution < -0.4 is 18.9 Å². The van der Waals surface area contributed by atoms with E-state index in [1.54, 1.807) is 6.92 Å². The van der Waals surface area contributed by atoms with Crippen LogP contribution in [0.2, 0.25) is 0 Å². The minimum atomic E-state index is -2.18. The first-order valence-electron chi connectivity index (χ1n) is 8.11. The number of phenolic OH excluding ortho intramolecular Hbond substituents is 2. The van der Waals surface area contributed by atoms with E-state index < -0.39 is 29.6 Å². The van der Waals surface area contributed by atoms with Crippen LogP contribution in [0.4, 0.5) is 0 Å². The van der Waals surface area contributed by atoms with E-state index in [9.17, 15) is 19.8 Å². The van der Waals surface area contributed by atoms with Crippen LogP contribution in [0.15, 0.2) is 24.3 Å². The lowest BCUT2D eigenvalue weighted by Crippen LogP contribution is -2.47. The standard InChI is InChI=1S/C18H14O10/c1-3-24-17(22)9-5-11(20)15-13(7-9)26-18(28-15)25-12-6-8(16(21)23-2)4-10(19)14(12)27-18/h4-7,19-20H,3H2,1-2H3. The Bertz CT molecular complexity index is 998. The van der Waals surface area contributed by atoms with Crippen molar-refractivity contribution in [1.82, 2.24) is 0 Å². The van der Waals surface area contributed by atoms with Crippen LogP contribution in [-0.4, -0.2) is 42.0 Å². The Hall–Kier alpha value is -3.82. The van der Waals surface area contributed by atoms with Crippen molar-refractivity contribution in [2.75, 3.05) is 13.7 Å². The average molecular weight is 390 g/mol. The zero-order valence-electron chi connectivity index (χ0n) is 14.7. The van der Waals surface area contributed by atoms with E-state index in [1.807, 2.05) is 0 Å². The number of methoxy groups -OCH3 is 1. The molecule has 0 bridgehead atoms. The molecule has 146 valence electrons. The van der Waals surface area contributed by atoms with E-state index in [2.05, 4.69) is 4.74 Å². The molecule has 2 aliphatic rings. The smallest absolute Gasteiger partial charge is 0.504 e. The predicted octanol–water partition coefficient (Wildman–Crippen LogP) is 1.91. The summed E-state index contributed by atoms with van der Waals surface area (Å²) in [6, 6.07) is 4.84. The van der Waals surface area contributed by atoms with Crippen molar-refractivity contribution >= 4 is 11.9 Å². The van der Waals surface area contributed by atoms with E-state index in [0.717, 1.165) is 12.1 Å². The van der Waals surface area contributed by atoms with Gasteiger partial charge in [0, 0.05) is 0 Å². The van der Waals surface area contributed by atoms with Crippen LogP contribution >= 0.6 is 0 Å². The van der Waals surface area contributed by atoms with Gasteiger partial charge in [0.2, 0.25) is 11.5 Å². The molecule has 28 heavy (non-hydrogen) atoms. The molecule has 0 saturated carbocycles. The fraction of sp³-hybridized carbons (Fsp3) is 0.222. The molecule has 2 aliphatic heterocycles. The number of fused-ring (bicyclic) bond motifs is 2. The molecule has 0 amide bonds. The highest BCUT2D eigenvalue weighted by atomic mass is 17.0. The topological polar surface area (TPSA) is 130 Å². The zero-order valence-corrected chi connectivity index (χ0v) is 14.7. The van der Waals surface area contributed by atoms with Crippen LogP contribution in [0, 0.1) is 0 Å². The fourth-order valence-electron chi connectivity index (χ4n) is 2.74. The van der Waals surface area contributed by atoms with Crippen LogP contribution in [0.25, 0.3) is 0 Å². The van der Waals surface area contributed by atoms with E-state index in [4.69, 9.17) is 23.7 Å². The summed E-state index contributed by atoms with van der Waals surface area (Å²) in [7, 11) is 1.19. The van der Waals surface area contributed by atoms with Crippen molar-refractivity contribution < 1.29 is 48.2 Å². The van der Waals surface area contributed by atoms with Gasteiger partial charge in [-0.05, 0) is 31.2 Å². The van der Waals surface area contributed by atoms with Crippen LogP contribution in [-0.2, 0) is 9.47 Å². The second-order valence-corrected chi connectivity index (χ2v) is 5.77. The van der Waals surface area contributed by atoms with Gasteiger partial charge in [0.05, 0.1) is 24.8 Å². The van der Waals surface area contributed by atoms with Gasteiger partial charge in [0.15, 0.2) is 23.0 Å². The van der Waals surface area contributed by atoms with Gasteiger partial charge < -0.3 is 38.6 Å². The number of esters is 2. The number of rotatable bonds is 3. The Morgan fingerprint density at radius 2 is 1.39 bits per heavy atom. The van der Waals surface area contributed by atoms with Gasteiger partial charge in [-0.3, -0.25) is 0 Å². The molecule has 0 fully saturated rings. The maximum atomic E-state index is 11.9. The van der Waals surface area contributed by atoms with Crippen molar-refractivity contribution in [2.24, 2.45) is 0 Å². The molecule has 2 aromatic carbocycles. The van der Waals surface area contributed by atoms with Gasteiger partial charge in [0.1, 0.15) is 0 Å². The summed E-state index contributed by atoms with van der Waals surface area (Å²) >= 11 is 0. The second-order valence-electron chi connectivity index (χ2n) is 5.77. The predicted molar refractivity (Wildman–Crippen MR) is 88.8 cm³/mol. The van der Waals surface area contributed by atoms with Gasteiger partial charge in [-0.25, -0.2) is 9.59 Å². The monoisotopic (exact) mass is 390 g/mol. The number of aromatic hydroxyl groups is 2. The number of benzene rings is 2. The molecule has 2 N–H and O–H groups in total. The largest absolute Gasteiger partial charge is 0.611 e. The lowest BCUT2D eigenvalue weighted by Gasteiger charge is -2.17. The summed E-state index contributed by atoms with van der Waals surface area (Å²) in [4.78, 5) is 23.6. The second kappa shape index (κ2) is 6.12. The molecular formula is C18H14O10. The third-order valence-electron chi connectivity index (χ3n) is 3.93. The van der Waals surface area contributed by atoms with Crippen molar-refractivity contribution in [1.29, 1.82) is 0 Å².